The van der Waals surface area contributed by atoms with Crippen molar-refractivity contribution in [3.8, 4) is 0 Å². The van der Waals surface area contributed by atoms with Crippen molar-refractivity contribution < 1.29 is 19.5 Å². The lowest BCUT2D eigenvalue weighted by atomic mass is 9.90. The first kappa shape index (κ1) is 21.1. The van der Waals surface area contributed by atoms with Crippen LogP contribution in [0.3, 0.4) is 0 Å². The van der Waals surface area contributed by atoms with E-state index in [1.54, 1.807) is 17.0 Å². The summed E-state index contributed by atoms with van der Waals surface area (Å²) >= 11 is 0. The smallest absolute Gasteiger partial charge is 0.335 e. The van der Waals surface area contributed by atoms with E-state index in [-0.39, 0.29) is 29.2 Å². The molecular weight excluding hydrogens is 392 g/mol. The second-order valence-corrected chi connectivity index (χ2v) is 9.04. The highest BCUT2D eigenvalue weighted by Crippen LogP contribution is 2.32. The molecule has 162 valence electrons. The molecule has 1 fully saturated rings. The van der Waals surface area contributed by atoms with E-state index in [0.29, 0.717) is 13.0 Å². The van der Waals surface area contributed by atoms with E-state index in [9.17, 15) is 14.4 Å². The summed E-state index contributed by atoms with van der Waals surface area (Å²) in [7, 11) is 0. The van der Waals surface area contributed by atoms with Crippen LogP contribution in [0.4, 0.5) is 0 Å². The van der Waals surface area contributed by atoms with Gasteiger partial charge in [0.1, 0.15) is 12.1 Å². The Kier molecular flexibility index (Phi) is 5.81. The van der Waals surface area contributed by atoms with Gasteiger partial charge < -0.3 is 15.3 Å². The van der Waals surface area contributed by atoms with Crippen molar-refractivity contribution in [2.45, 2.75) is 51.7 Å². The van der Waals surface area contributed by atoms with E-state index in [1.165, 1.54) is 23.3 Å². The van der Waals surface area contributed by atoms with Crippen LogP contribution in [0.1, 0.15) is 47.3 Å². The van der Waals surface area contributed by atoms with Crippen molar-refractivity contribution in [3.05, 3.63) is 70.8 Å². The van der Waals surface area contributed by atoms with Gasteiger partial charge in [0.25, 0.3) is 0 Å². The Balaban J connectivity index is 1.58. The Bertz CT molecular complexity index is 974. The van der Waals surface area contributed by atoms with Gasteiger partial charge in [-0.25, -0.2) is 4.79 Å². The third kappa shape index (κ3) is 4.33. The van der Waals surface area contributed by atoms with Crippen LogP contribution in [0.15, 0.2) is 48.5 Å². The number of amides is 2. The van der Waals surface area contributed by atoms with Crippen LogP contribution < -0.4 is 5.32 Å². The van der Waals surface area contributed by atoms with Crippen LogP contribution >= 0.6 is 0 Å². The van der Waals surface area contributed by atoms with E-state index in [0.717, 1.165) is 18.4 Å². The summed E-state index contributed by atoms with van der Waals surface area (Å²) < 4.78 is 0. The zero-order valence-electron chi connectivity index (χ0n) is 17.9. The van der Waals surface area contributed by atoms with E-state index in [4.69, 9.17) is 5.11 Å². The average molecular weight is 421 g/mol. The highest BCUT2D eigenvalue weighted by Gasteiger charge is 2.45. The van der Waals surface area contributed by atoms with Crippen LogP contribution in [0.2, 0.25) is 0 Å². The highest BCUT2D eigenvalue weighted by molar-refractivity contribution is 5.97. The summed E-state index contributed by atoms with van der Waals surface area (Å²) in [5, 5.41) is 12.2. The molecule has 1 aliphatic carbocycles. The molecule has 0 radical (unpaired) electrons. The van der Waals surface area contributed by atoms with Gasteiger partial charge in [-0.05, 0) is 59.9 Å². The average Bonchev–Trinajstić information content (AvgIpc) is 3.17. The SMILES string of the molecule is CC(C)C[C@H]1C(=O)N[C@H](C2Cc3ccccc3C2)C(=O)N1Cc1ccc(C(=O)O)cc1. The lowest BCUT2D eigenvalue weighted by Crippen LogP contribution is -2.65. The lowest BCUT2D eigenvalue weighted by Gasteiger charge is -2.41. The van der Waals surface area contributed by atoms with Crippen molar-refractivity contribution >= 4 is 17.8 Å². The van der Waals surface area contributed by atoms with Crippen molar-refractivity contribution in [2.24, 2.45) is 11.8 Å². The maximum absolute atomic E-state index is 13.6. The number of hydrogen-bond acceptors (Lipinski definition) is 3. The monoisotopic (exact) mass is 420 g/mol. The summed E-state index contributed by atoms with van der Waals surface area (Å²) in [6, 6.07) is 13.6. The molecule has 0 saturated carbocycles. The van der Waals surface area contributed by atoms with E-state index >= 15 is 0 Å². The Morgan fingerprint density at radius 1 is 1.06 bits per heavy atom. The first-order valence-corrected chi connectivity index (χ1v) is 10.8. The number of aromatic carboxylic acids is 1. The molecule has 0 bridgehead atoms. The fourth-order valence-electron chi connectivity index (χ4n) is 4.75. The maximum Gasteiger partial charge on any atom is 0.335 e. The van der Waals surface area contributed by atoms with Crippen LogP contribution in [-0.2, 0) is 29.0 Å². The second-order valence-electron chi connectivity index (χ2n) is 9.04. The fourth-order valence-corrected chi connectivity index (χ4v) is 4.75. The zero-order chi connectivity index (χ0) is 22.1. The summed E-state index contributed by atoms with van der Waals surface area (Å²) in [6.07, 6.45) is 2.15. The normalized spacial score (nSPS) is 21.3. The van der Waals surface area contributed by atoms with E-state index in [1.807, 2.05) is 26.0 Å². The molecule has 0 unspecified atom stereocenters. The van der Waals surface area contributed by atoms with Gasteiger partial charge in [-0.15, -0.1) is 0 Å². The number of benzene rings is 2. The number of fused-ring (bicyclic) bond motifs is 1. The largest absolute Gasteiger partial charge is 0.478 e. The number of carbonyl (C=O) groups excluding carboxylic acids is 2. The second kappa shape index (κ2) is 8.53. The van der Waals surface area contributed by atoms with Gasteiger partial charge >= 0.3 is 5.97 Å². The number of carbonyl (C=O) groups is 3. The molecule has 4 rings (SSSR count). The number of piperazine rings is 1. The predicted molar refractivity (Wildman–Crippen MR) is 116 cm³/mol. The molecule has 1 heterocycles. The minimum Gasteiger partial charge on any atom is -0.478 e. The Morgan fingerprint density at radius 3 is 2.23 bits per heavy atom. The molecular formula is C25H28N2O4. The summed E-state index contributed by atoms with van der Waals surface area (Å²) in [5.41, 5.74) is 3.51. The number of carboxylic acid groups (broad SMARTS) is 1. The van der Waals surface area contributed by atoms with Gasteiger partial charge in [-0.2, -0.15) is 0 Å². The molecule has 2 amide bonds. The number of carboxylic acids is 1. The third-order valence-corrected chi connectivity index (χ3v) is 6.33. The number of nitrogens with zero attached hydrogens (tertiary/aromatic N) is 1. The summed E-state index contributed by atoms with van der Waals surface area (Å²) in [4.78, 5) is 39.5. The Hall–Kier alpha value is -3.15. The van der Waals surface area contributed by atoms with Gasteiger partial charge in [0.05, 0.1) is 5.56 Å². The third-order valence-electron chi connectivity index (χ3n) is 6.33. The quantitative estimate of drug-likeness (QED) is 0.752. The van der Waals surface area contributed by atoms with Crippen molar-refractivity contribution in [1.29, 1.82) is 0 Å². The topological polar surface area (TPSA) is 86.7 Å². The molecule has 2 aromatic rings. The standard InChI is InChI=1S/C25H28N2O4/c1-15(2)11-21-23(28)26-22(20-12-18-5-3-4-6-19(18)13-20)24(29)27(21)14-16-7-9-17(10-8-16)25(30)31/h3-10,15,20-22H,11-14H2,1-2H3,(H,26,28)(H,30,31)/t21-,22+/m0/s1. The van der Waals surface area contributed by atoms with E-state index in [2.05, 4.69) is 17.4 Å². The van der Waals surface area contributed by atoms with Crippen molar-refractivity contribution in [1.82, 2.24) is 10.2 Å². The zero-order valence-corrected chi connectivity index (χ0v) is 17.9. The number of rotatable bonds is 6. The van der Waals surface area contributed by atoms with Crippen LogP contribution in [0, 0.1) is 11.8 Å². The minimum atomic E-state index is -0.987. The summed E-state index contributed by atoms with van der Waals surface area (Å²) in [5.74, 6) is -0.834. The molecule has 1 saturated heterocycles. The Labute approximate surface area is 182 Å². The van der Waals surface area contributed by atoms with Crippen LogP contribution in [0.25, 0.3) is 0 Å². The summed E-state index contributed by atoms with van der Waals surface area (Å²) in [6.45, 7) is 4.37. The highest BCUT2D eigenvalue weighted by atomic mass is 16.4. The first-order valence-electron chi connectivity index (χ1n) is 10.8. The van der Waals surface area contributed by atoms with E-state index < -0.39 is 18.1 Å². The lowest BCUT2D eigenvalue weighted by molar-refractivity contribution is -0.152. The molecule has 6 heteroatoms. The van der Waals surface area contributed by atoms with Crippen molar-refractivity contribution in [3.63, 3.8) is 0 Å². The van der Waals surface area contributed by atoms with Crippen LogP contribution in [-0.4, -0.2) is 39.9 Å². The number of hydrogen-bond donors (Lipinski definition) is 2. The van der Waals surface area contributed by atoms with Crippen molar-refractivity contribution in [2.75, 3.05) is 0 Å². The molecule has 6 nitrogen and oxygen atoms in total. The van der Waals surface area contributed by atoms with Gasteiger partial charge in [-0.1, -0.05) is 50.2 Å². The first-order chi connectivity index (χ1) is 14.8. The minimum absolute atomic E-state index is 0.0470. The van der Waals surface area contributed by atoms with Gasteiger partial charge in [0.2, 0.25) is 11.8 Å². The molecule has 0 aromatic heterocycles. The van der Waals surface area contributed by atoms with Gasteiger partial charge in [0, 0.05) is 6.54 Å². The van der Waals surface area contributed by atoms with Crippen LogP contribution in [0.5, 0.6) is 0 Å². The predicted octanol–water partition coefficient (Wildman–Crippen LogP) is 3.04. The molecule has 2 atom stereocenters. The molecule has 31 heavy (non-hydrogen) atoms. The van der Waals surface area contributed by atoms with Gasteiger partial charge in [0.15, 0.2) is 0 Å². The molecule has 0 spiro atoms. The molecule has 2 aromatic carbocycles. The fraction of sp³-hybridized carbons (Fsp3) is 0.400. The number of nitrogens with one attached hydrogen (secondary N) is 1. The van der Waals surface area contributed by atoms with Gasteiger partial charge in [-0.3, -0.25) is 9.59 Å². The molecule has 2 aliphatic rings. The maximum atomic E-state index is 13.6. The molecule has 2 N–H and O–H groups in total. The Morgan fingerprint density at radius 2 is 1.68 bits per heavy atom. The molecule has 1 aliphatic heterocycles.